The lowest BCUT2D eigenvalue weighted by atomic mass is 9.95. The molecule has 1 atom stereocenters. The molecule has 1 fully saturated rings. The molecule has 0 aliphatic carbocycles. The Kier molecular flexibility index (Phi) is 11.7. The van der Waals surface area contributed by atoms with Gasteiger partial charge in [0, 0.05) is 44.6 Å². The molecule has 3 aromatic carbocycles. The molecule has 2 heterocycles. The van der Waals surface area contributed by atoms with E-state index in [1.54, 1.807) is 0 Å². The molecule has 5 rings (SSSR count). The number of hydrogen-bond acceptors (Lipinski definition) is 9. The molecule has 0 saturated carbocycles. The molecule has 0 bridgehead atoms. The van der Waals surface area contributed by atoms with E-state index in [1.807, 2.05) is 48.5 Å². The third kappa shape index (κ3) is 10.6. The third-order valence-corrected chi connectivity index (χ3v) is 8.54. The number of anilines is 2. The van der Waals surface area contributed by atoms with E-state index in [1.165, 1.54) is 35.0 Å². The highest BCUT2D eigenvalue weighted by atomic mass is 35.5. The van der Waals surface area contributed by atoms with Gasteiger partial charge in [-0.05, 0) is 113 Å². The first-order chi connectivity index (χ1) is 23.4. The molecule has 1 aromatic heterocycles. The predicted octanol–water partition coefficient (Wildman–Crippen LogP) is 7.11. The summed E-state index contributed by atoms with van der Waals surface area (Å²) in [5, 5.41) is 21.2. The number of aryl methyl sites for hydroxylation is 1. The first-order valence-electron chi connectivity index (χ1n) is 15.7. The normalized spacial score (nSPS) is 14.4. The van der Waals surface area contributed by atoms with E-state index in [0.717, 1.165) is 49.4 Å². The van der Waals surface area contributed by atoms with E-state index in [-0.39, 0.29) is 36.6 Å². The Morgan fingerprint density at radius 1 is 1.00 bits per heavy atom. The maximum absolute atomic E-state index is 12.4. The molecule has 0 spiro atoms. The number of ether oxygens (including phenoxy) is 3. The second kappa shape index (κ2) is 16.1. The van der Waals surface area contributed by atoms with Crippen LogP contribution in [0.5, 0.6) is 17.2 Å². The van der Waals surface area contributed by atoms with Crippen LogP contribution in [0.4, 0.5) is 30.4 Å². The number of aliphatic hydroxyl groups is 1. The van der Waals surface area contributed by atoms with Crippen molar-refractivity contribution < 1.29 is 37.4 Å². The zero-order valence-electron chi connectivity index (χ0n) is 26.8. The number of nitrogens with zero attached hydrogens (tertiary/aromatic N) is 5. The van der Waals surface area contributed by atoms with Gasteiger partial charge in [-0.2, -0.15) is 0 Å². The maximum atomic E-state index is 12.4. The number of halogens is 4. The SMILES string of the molecule is CN(CC1CCN(c2ccc(OC[C@@H](O)CCn3cc([N+](=O)[O-])nc3Cl)cc2)CC1)c1ccc(OCc2ccc(OC(F)(F)F)cc2)cc1. The Morgan fingerprint density at radius 2 is 1.61 bits per heavy atom. The summed E-state index contributed by atoms with van der Waals surface area (Å²) in [5.74, 6) is 1.24. The van der Waals surface area contributed by atoms with Gasteiger partial charge < -0.3 is 39.2 Å². The summed E-state index contributed by atoms with van der Waals surface area (Å²) in [7, 11) is 2.07. The number of piperidine rings is 1. The fourth-order valence-electron chi connectivity index (χ4n) is 5.56. The van der Waals surface area contributed by atoms with Crippen LogP contribution in [0.1, 0.15) is 24.8 Å². The van der Waals surface area contributed by atoms with Gasteiger partial charge in [-0.15, -0.1) is 13.2 Å². The molecule has 4 aromatic rings. The quantitative estimate of drug-likeness (QED) is 0.102. The molecule has 15 heteroatoms. The van der Waals surface area contributed by atoms with Gasteiger partial charge in [0.1, 0.15) is 36.7 Å². The third-order valence-electron chi connectivity index (χ3n) is 8.24. The highest BCUT2D eigenvalue weighted by molar-refractivity contribution is 6.28. The van der Waals surface area contributed by atoms with Gasteiger partial charge in [-0.25, -0.2) is 0 Å². The molecule has 1 aliphatic heterocycles. The second-order valence-corrected chi connectivity index (χ2v) is 12.2. The van der Waals surface area contributed by atoms with Gasteiger partial charge in [0.25, 0.3) is 0 Å². The molecule has 1 saturated heterocycles. The maximum Gasteiger partial charge on any atom is 0.573 e. The van der Waals surface area contributed by atoms with Crippen molar-refractivity contribution in [3.05, 3.63) is 100.0 Å². The van der Waals surface area contributed by atoms with Crippen LogP contribution in [0.3, 0.4) is 0 Å². The van der Waals surface area contributed by atoms with E-state index in [2.05, 4.69) is 26.6 Å². The van der Waals surface area contributed by atoms with Gasteiger partial charge in [0.05, 0.1) is 6.10 Å². The summed E-state index contributed by atoms with van der Waals surface area (Å²) in [6.45, 7) is 3.35. The minimum Gasteiger partial charge on any atom is -0.491 e. The number of rotatable bonds is 15. The molecule has 11 nitrogen and oxygen atoms in total. The zero-order chi connectivity index (χ0) is 35.0. The Morgan fingerprint density at radius 3 is 2.22 bits per heavy atom. The Balaban J connectivity index is 0.997. The van der Waals surface area contributed by atoms with Gasteiger partial charge in [-0.3, -0.25) is 4.57 Å². The van der Waals surface area contributed by atoms with Crippen LogP contribution in [-0.4, -0.2) is 65.3 Å². The molecular weight excluding hydrogens is 667 g/mol. The van der Waals surface area contributed by atoms with Gasteiger partial charge in [0.2, 0.25) is 0 Å². The number of nitro groups is 1. The predicted molar refractivity (Wildman–Crippen MR) is 179 cm³/mol. The lowest BCUT2D eigenvalue weighted by Crippen LogP contribution is -2.37. The first-order valence-corrected chi connectivity index (χ1v) is 16.1. The Bertz CT molecular complexity index is 1650. The largest absolute Gasteiger partial charge is 0.573 e. The number of benzene rings is 3. The lowest BCUT2D eigenvalue weighted by molar-refractivity contribution is -0.389. The van der Waals surface area contributed by atoms with Crippen molar-refractivity contribution in [3.63, 3.8) is 0 Å². The second-order valence-electron chi connectivity index (χ2n) is 11.9. The Hall–Kier alpha value is -4.69. The van der Waals surface area contributed by atoms with E-state index in [0.29, 0.717) is 23.8 Å². The summed E-state index contributed by atoms with van der Waals surface area (Å²) in [6.07, 6.45) is -1.87. The molecular formula is C34H37ClF3N5O6. The van der Waals surface area contributed by atoms with Crippen molar-refractivity contribution in [2.45, 2.75) is 44.9 Å². The van der Waals surface area contributed by atoms with E-state index >= 15 is 0 Å². The van der Waals surface area contributed by atoms with Crippen LogP contribution in [0.2, 0.25) is 5.28 Å². The van der Waals surface area contributed by atoms with Crippen LogP contribution in [0.15, 0.2) is 79.0 Å². The van der Waals surface area contributed by atoms with Crippen LogP contribution >= 0.6 is 11.6 Å². The summed E-state index contributed by atoms with van der Waals surface area (Å²) < 4.78 is 53.9. The lowest BCUT2D eigenvalue weighted by Gasteiger charge is -2.35. The number of imidazole rings is 1. The van der Waals surface area contributed by atoms with Gasteiger partial charge in [0.15, 0.2) is 0 Å². The smallest absolute Gasteiger partial charge is 0.491 e. The van der Waals surface area contributed by atoms with Crippen molar-refractivity contribution in [1.29, 1.82) is 0 Å². The number of aliphatic hydroxyl groups excluding tert-OH is 1. The minimum atomic E-state index is -4.72. The van der Waals surface area contributed by atoms with Crippen molar-refractivity contribution in [1.82, 2.24) is 9.55 Å². The summed E-state index contributed by atoms with van der Waals surface area (Å²) in [5.41, 5.74) is 2.90. The van der Waals surface area contributed by atoms with Crippen LogP contribution in [-0.2, 0) is 13.2 Å². The molecule has 49 heavy (non-hydrogen) atoms. The van der Waals surface area contributed by atoms with E-state index in [9.17, 15) is 28.4 Å². The molecule has 0 amide bonds. The zero-order valence-corrected chi connectivity index (χ0v) is 27.5. The molecule has 1 N–H and O–H groups in total. The summed E-state index contributed by atoms with van der Waals surface area (Å²) in [4.78, 5) is 18.5. The average molecular weight is 704 g/mol. The van der Waals surface area contributed by atoms with Gasteiger partial charge in [-0.1, -0.05) is 12.1 Å². The monoisotopic (exact) mass is 703 g/mol. The fraction of sp³-hybridized carbons (Fsp3) is 0.382. The van der Waals surface area contributed by atoms with Crippen molar-refractivity contribution in [2.24, 2.45) is 5.92 Å². The standard InChI is InChI=1S/C34H37ClF3N5O6/c1-40(26-4-10-29(11-5-26)47-22-25-2-8-31(9-3-25)49-34(36,37)38)20-24-14-17-41(18-15-24)27-6-12-30(13-7-27)48-23-28(44)16-19-42-21-32(43(45)46)39-33(42)35/h2-13,21,24,28,44H,14-20,22-23H2,1H3/t28-/m0/s1. The summed E-state index contributed by atoms with van der Waals surface area (Å²) in [6, 6.07) is 21.2. The number of aromatic nitrogens is 2. The highest BCUT2D eigenvalue weighted by Crippen LogP contribution is 2.28. The molecule has 262 valence electrons. The fourth-order valence-corrected chi connectivity index (χ4v) is 5.78. The molecule has 0 unspecified atom stereocenters. The highest BCUT2D eigenvalue weighted by Gasteiger charge is 2.31. The average Bonchev–Trinajstić information content (AvgIpc) is 3.47. The first kappa shape index (κ1) is 35.6. The van der Waals surface area contributed by atoms with Crippen molar-refractivity contribution in [3.8, 4) is 17.2 Å². The van der Waals surface area contributed by atoms with Crippen molar-refractivity contribution in [2.75, 3.05) is 43.1 Å². The van der Waals surface area contributed by atoms with Crippen LogP contribution in [0.25, 0.3) is 0 Å². The summed E-state index contributed by atoms with van der Waals surface area (Å²) >= 11 is 5.93. The minimum absolute atomic E-state index is 0.00212. The number of alkyl halides is 3. The number of hydrogen-bond donors (Lipinski definition) is 1. The van der Waals surface area contributed by atoms with E-state index in [4.69, 9.17) is 21.1 Å². The Labute approximate surface area is 286 Å². The van der Waals surface area contributed by atoms with E-state index < -0.39 is 17.4 Å². The van der Waals surface area contributed by atoms with Crippen LogP contribution in [0, 0.1) is 16.0 Å². The van der Waals surface area contributed by atoms with Crippen molar-refractivity contribution >= 4 is 28.8 Å². The topological polar surface area (TPSA) is 115 Å². The van der Waals surface area contributed by atoms with Gasteiger partial charge >= 0.3 is 17.5 Å². The van der Waals surface area contributed by atoms with Crippen LogP contribution < -0.4 is 24.0 Å². The molecule has 1 aliphatic rings. The molecule has 0 radical (unpaired) electrons.